The molecule has 27 heavy (non-hydrogen) atoms. The van der Waals surface area contributed by atoms with Crippen LogP contribution in [-0.2, 0) is 11.5 Å². The largest absolute Gasteiger partial charge is 0.308 e. The van der Waals surface area contributed by atoms with Gasteiger partial charge in [-0.1, -0.05) is 12.1 Å². The molecule has 0 saturated carbocycles. The van der Waals surface area contributed by atoms with Gasteiger partial charge in [0.05, 0.1) is 24.1 Å². The summed E-state index contributed by atoms with van der Waals surface area (Å²) < 4.78 is 15.9. The fraction of sp³-hybridized carbons (Fsp3) is 0.250. The van der Waals surface area contributed by atoms with Gasteiger partial charge in [-0.2, -0.15) is 5.10 Å². The number of hydrogen-bond acceptors (Lipinski definition) is 4. The minimum absolute atomic E-state index is 0.0831. The number of nitrogens with zero attached hydrogens (tertiary/aromatic N) is 5. The molecular weight excluding hydrogens is 345 g/mol. The van der Waals surface area contributed by atoms with Crippen LogP contribution >= 0.6 is 0 Å². The molecule has 1 atom stereocenters. The lowest BCUT2D eigenvalue weighted by molar-refractivity contribution is -0.121. The molecule has 6 nitrogen and oxygen atoms in total. The van der Waals surface area contributed by atoms with Crippen LogP contribution in [0.4, 0.5) is 10.1 Å². The highest BCUT2D eigenvalue weighted by Crippen LogP contribution is 2.27. The van der Waals surface area contributed by atoms with E-state index in [-0.39, 0.29) is 17.8 Å². The lowest BCUT2D eigenvalue weighted by atomic mass is 10.2. The van der Waals surface area contributed by atoms with Gasteiger partial charge >= 0.3 is 0 Å². The van der Waals surface area contributed by atoms with Crippen LogP contribution in [0.3, 0.4) is 0 Å². The van der Waals surface area contributed by atoms with Gasteiger partial charge in [0, 0.05) is 30.7 Å². The molecule has 0 radical (unpaired) electrons. The summed E-state index contributed by atoms with van der Waals surface area (Å²) in [6, 6.07) is 11.9. The third kappa shape index (κ3) is 3.33. The number of carbonyl (C=O) groups excluding carboxylic acids is 1. The number of likely N-dealkylation sites (N-methyl/N-ethyl adjacent to an activating group) is 1. The molecule has 4 rings (SSSR count). The molecule has 0 spiro atoms. The third-order valence-corrected chi connectivity index (χ3v) is 4.90. The summed E-state index contributed by atoms with van der Waals surface area (Å²) in [6.07, 6.45) is 5.87. The quantitative estimate of drug-likeness (QED) is 0.698. The van der Waals surface area contributed by atoms with Crippen LogP contribution in [0.5, 0.6) is 0 Å². The van der Waals surface area contributed by atoms with Crippen molar-refractivity contribution in [3.63, 3.8) is 0 Å². The maximum atomic E-state index is 14.1. The Morgan fingerprint density at radius 1 is 1.15 bits per heavy atom. The molecule has 1 aliphatic rings. The van der Waals surface area contributed by atoms with Gasteiger partial charge in [-0.05, 0) is 43.8 Å². The van der Waals surface area contributed by atoms with Crippen molar-refractivity contribution < 1.29 is 9.18 Å². The Hall–Kier alpha value is -3.06. The molecule has 0 aliphatic carbocycles. The molecule has 1 aromatic carbocycles. The van der Waals surface area contributed by atoms with Crippen LogP contribution in [0.1, 0.15) is 6.42 Å². The van der Waals surface area contributed by atoms with Crippen molar-refractivity contribution in [2.45, 2.75) is 19.1 Å². The zero-order valence-electron chi connectivity index (χ0n) is 15.0. The molecule has 0 N–H and O–H groups in total. The van der Waals surface area contributed by atoms with Crippen LogP contribution in [0.15, 0.2) is 61.1 Å². The number of anilines is 1. The minimum Gasteiger partial charge on any atom is -0.308 e. The number of pyridine rings is 1. The second-order valence-electron chi connectivity index (χ2n) is 6.60. The van der Waals surface area contributed by atoms with Gasteiger partial charge in [0.1, 0.15) is 5.82 Å². The number of rotatable bonds is 5. The van der Waals surface area contributed by atoms with Crippen LogP contribution in [-0.4, -0.2) is 45.2 Å². The highest BCUT2D eigenvalue weighted by molar-refractivity contribution is 5.99. The number of aromatic nitrogens is 3. The van der Waals surface area contributed by atoms with E-state index in [0.29, 0.717) is 25.3 Å². The molecule has 3 aromatic rings. The molecule has 1 fully saturated rings. The first kappa shape index (κ1) is 17.4. The normalized spacial score (nSPS) is 17.1. The lowest BCUT2D eigenvalue weighted by Crippen LogP contribution is -2.41. The van der Waals surface area contributed by atoms with E-state index in [1.54, 1.807) is 36.8 Å². The van der Waals surface area contributed by atoms with Crippen LogP contribution in [0, 0.1) is 5.82 Å². The van der Waals surface area contributed by atoms with Crippen LogP contribution in [0.25, 0.3) is 11.3 Å². The Balaban J connectivity index is 1.50. The molecular formula is C20H20FN5O. The number of hydrogen-bond donors (Lipinski definition) is 0. The Labute approximate surface area is 156 Å². The van der Waals surface area contributed by atoms with Crippen molar-refractivity contribution in [3.8, 4) is 11.3 Å². The predicted molar refractivity (Wildman–Crippen MR) is 100 cm³/mol. The Kier molecular flexibility index (Phi) is 4.68. The average molecular weight is 365 g/mol. The zero-order valence-corrected chi connectivity index (χ0v) is 15.0. The summed E-state index contributed by atoms with van der Waals surface area (Å²) in [6.45, 7) is 0.970. The summed E-state index contributed by atoms with van der Waals surface area (Å²) in [4.78, 5) is 20.4. The molecule has 7 heteroatoms. The SMILES string of the molecule is CN(Cn1nccc1-c1ccncc1)C1CCN(c2ccccc2F)C1=O. The predicted octanol–water partition coefficient (Wildman–Crippen LogP) is 2.78. The van der Waals surface area contributed by atoms with Gasteiger partial charge in [0.25, 0.3) is 0 Å². The Morgan fingerprint density at radius 3 is 2.70 bits per heavy atom. The molecule has 3 heterocycles. The Bertz CT molecular complexity index is 942. The van der Waals surface area contributed by atoms with Crippen molar-refractivity contribution in [1.29, 1.82) is 0 Å². The molecule has 138 valence electrons. The van der Waals surface area contributed by atoms with Gasteiger partial charge < -0.3 is 4.90 Å². The summed E-state index contributed by atoms with van der Waals surface area (Å²) >= 11 is 0. The third-order valence-electron chi connectivity index (χ3n) is 4.90. The fourth-order valence-electron chi connectivity index (χ4n) is 3.51. The lowest BCUT2D eigenvalue weighted by Gasteiger charge is -2.24. The second kappa shape index (κ2) is 7.28. The van der Waals surface area contributed by atoms with Gasteiger partial charge in [-0.3, -0.25) is 19.4 Å². The van der Waals surface area contributed by atoms with Crippen molar-refractivity contribution in [2.24, 2.45) is 0 Å². The van der Waals surface area contributed by atoms with Gasteiger partial charge in [-0.25, -0.2) is 4.39 Å². The number of benzene rings is 1. The summed E-state index contributed by atoms with van der Waals surface area (Å²) in [5.74, 6) is -0.457. The van der Waals surface area contributed by atoms with Gasteiger partial charge in [-0.15, -0.1) is 0 Å². The number of halogens is 1. The molecule has 0 bridgehead atoms. The highest BCUT2D eigenvalue weighted by atomic mass is 19.1. The standard InChI is InChI=1S/C20H20FN5O/c1-24(14-26-17(8-12-23-26)15-6-10-22-11-7-15)19-9-13-25(20(19)27)18-5-3-2-4-16(18)21/h2-8,10-12,19H,9,13-14H2,1H3. The van der Waals surface area contributed by atoms with E-state index in [0.717, 1.165) is 11.3 Å². The van der Waals surface area contributed by atoms with E-state index in [1.165, 1.54) is 11.0 Å². The zero-order chi connectivity index (χ0) is 18.8. The summed E-state index contributed by atoms with van der Waals surface area (Å²) in [5.41, 5.74) is 2.32. The van der Waals surface area contributed by atoms with E-state index < -0.39 is 0 Å². The number of carbonyl (C=O) groups is 1. The fourth-order valence-corrected chi connectivity index (χ4v) is 3.51. The minimum atomic E-state index is -0.374. The van der Waals surface area contributed by atoms with Gasteiger partial charge in [0.2, 0.25) is 5.91 Å². The first-order valence-electron chi connectivity index (χ1n) is 8.83. The highest BCUT2D eigenvalue weighted by Gasteiger charge is 2.36. The molecule has 1 unspecified atom stereocenters. The second-order valence-corrected chi connectivity index (χ2v) is 6.60. The van der Waals surface area contributed by atoms with Crippen molar-refractivity contribution in [3.05, 3.63) is 66.9 Å². The molecule has 2 aromatic heterocycles. The molecule has 1 aliphatic heterocycles. The summed E-state index contributed by atoms with van der Waals surface area (Å²) in [5, 5.41) is 4.39. The van der Waals surface area contributed by atoms with E-state index in [9.17, 15) is 9.18 Å². The maximum absolute atomic E-state index is 14.1. The van der Waals surface area contributed by atoms with E-state index in [1.807, 2.05) is 34.8 Å². The van der Waals surface area contributed by atoms with Gasteiger partial charge in [0.15, 0.2) is 0 Å². The smallest absolute Gasteiger partial charge is 0.244 e. The molecule has 1 saturated heterocycles. The van der Waals surface area contributed by atoms with E-state index >= 15 is 0 Å². The van der Waals surface area contributed by atoms with Crippen molar-refractivity contribution >= 4 is 11.6 Å². The van der Waals surface area contributed by atoms with E-state index in [2.05, 4.69) is 10.1 Å². The first-order valence-corrected chi connectivity index (χ1v) is 8.83. The first-order chi connectivity index (χ1) is 13.1. The maximum Gasteiger partial charge on any atom is 0.244 e. The van der Waals surface area contributed by atoms with Crippen molar-refractivity contribution in [2.75, 3.05) is 18.5 Å². The molecule has 1 amide bonds. The Morgan fingerprint density at radius 2 is 1.93 bits per heavy atom. The van der Waals surface area contributed by atoms with Crippen molar-refractivity contribution in [1.82, 2.24) is 19.7 Å². The van der Waals surface area contributed by atoms with Crippen LogP contribution < -0.4 is 4.90 Å². The topological polar surface area (TPSA) is 54.3 Å². The van der Waals surface area contributed by atoms with E-state index in [4.69, 9.17) is 0 Å². The number of para-hydroxylation sites is 1. The van der Waals surface area contributed by atoms with Crippen LogP contribution in [0.2, 0.25) is 0 Å². The monoisotopic (exact) mass is 365 g/mol. The summed E-state index contributed by atoms with van der Waals surface area (Å²) in [7, 11) is 1.89. The number of amides is 1. The average Bonchev–Trinajstić information content (AvgIpc) is 3.29.